The Morgan fingerprint density at radius 1 is 1.18 bits per heavy atom. The summed E-state index contributed by atoms with van der Waals surface area (Å²) in [5.74, 6) is 0.723. The maximum Gasteiger partial charge on any atom is 0.394 e. The van der Waals surface area contributed by atoms with E-state index in [1.165, 1.54) is 19.3 Å². The lowest BCUT2D eigenvalue weighted by molar-refractivity contribution is -0.192. The van der Waals surface area contributed by atoms with Crippen molar-refractivity contribution in [1.82, 2.24) is 25.4 Å². The summed E-state index contributed by atoms with van der Waals surface area (Å²) < 4.78 is 47.7. The number of alkyl halides is 3. The second-order valence-corrected chi connectivity index (χ2v) is 13.4. The zero-order chi connectivity index (χ0) is 31.4. The molecule has 0 radical (unpaired) electrons. The van der Waals surface area contributed by atoms with E-state index < -0.39 is 23.7 Å². The van der Waals surface area contributed by atoms with Crippen molar-refractivity contribution in [3.63, 3.8) is 0 Å². The Bertz CT molecular complexity index is 1340. The normalized spacial score (nSPS) is 21.9. The van der Waals surface area contributed by atoms with Gasteiger partial charge in [-0.1, -0.05) is 24.1 Å². The molecule has 2 aliphatic heterocycles. The van der Waals surface area contributed by atoms with Crippen molar-refractivity contribution in [3.8, 4) is 0 Å². The van der Waals surface area contributed by atoms with E-state index in [9.17, 15) is 18.0 Å². The molecule has 9 nitrogen and oxygen atoms in total. The van der Waals surface area contributed by atoms with Gasteiger partial charge in [-0.25, -0.2) is 9.97 Å². The summed E-state index contributed by atoms with van der Waals surface area (Å²) in [7, 11) is 0. The Morgan fingerprint density at radius 3 is 2.70 bits per heavy atom. The van der Waals surface area contributed by atoms with E-state index in [-0.39, 0.29) is 42.1 Å². The van der Waals surface area contributed by atoms with Crippen LogP contribution in [0.25, 0.3) is 0 Å². The summed E-state index contributed by atoms with van der Waals surface area (Å²) in [5, 5.41) is 9.22. The Hall–Kier alpha value is -2.58. The Balaban J connectivity index is 1.02. The smallest absolute Gasteiger partial charge is 0.370 e. The van der Waals surface area contributed by atoms with Gasteiger partial charge in [0.2, 0.25) is 0 Å². The monoisotopic (exact) mass is 653 g/mol. The van der Waals surface area contributed by atoms with Gasteiger partial charge in [-0.15, -0.1) is 0 Å². The molecule has 2 aromatic heterocycles. The number of amides is 1. The number of hydrogen-bond donors (Lipinski definition) is 4. The number of carbonyl (C=O) groups excluding carboxylic acids is 1. The molecule has 5 rings (SSSR count). The highest BCUT2D eigenvalue weighted by Gasteiger charge is 2.62. The zero-order valence-electron chi connectivity index (χ0n) is 24.8. The van der Waals surface area contributed by atoms with Gasteiger partial charge < -0.3 is 15.4 Å². The van der Waals surface area contributed by atoms with Crippen molar-refractivity contribution in [2.75, 3.05) is 23.5 Å². The van der Waals surface area contributed by atoms with Crippen molar-refractivity contribution in [2.24, 2.45) is 5.41 Å². The molecule has 4 N–H and O–H groups in total. The maximum absolute atomic E-state index is 13.1. The maximum atomic E-state index is 13.1. The topological polar surface area (TPSA) is 103 Å². The molecule has 2 aromatic rings. The second kappa shape index (κ2) is 13.8. The molecule has 2 unspecified atom stereocenters. The molecule has 1 amide bonds. The van der Waals surface area contributed by atoms with E-state index in [0.717, 1.165) is 37.2 Å². The van der Waals surface area contributed by atoms with Crippen molar-refractivity contribution in [1.29, 1.82) is 0 Å². The molecule has 1 saturated heterocycles. The first-order valence-electron chi connectivity index (χ1n) is 15.0. The number of aromatic nitrogens is 2. The predicted molar refractivity (Wildman–Crippen MR) is 166 cm³/mol. The number of hydrogen-bond acceptors (Lipinski definition) is 9. The van der Waals surface area contributed by atoms with Crippen LogP contribution in [0, 0.1) is 5.41 Å². The fourth-order valence-corrected chi connectivity index (χ4v) is 6.30. The first-order valence-corrected chi connectivity index (χ1v) is 16.2. The average molecular weight is 654 g/mol. The van der Waals surface area contributed by atoms with Crippen molar-refractivity contribution in [3.05, 3.63) is 53.3 Å². The van der Waals surface area contributed by atoms with Crippen LogP contribution in [0.5, 0.6) is 0 Å². The highest BCUT2D eigenvalue weighted by molar-refractivity contribution is 7.97. The molecule has 1 aliphatic carbocycles. The van der Waals surface area contributed by atoms with Gasteiger partial charge in [-0.3, -0.25) is 14.5 Å². The number of unbranched alkanes of at least 4 members (excludes halogenated alkanes) is 1. The highest BCUT2D eigenvalue weighted by atomic mass is 35.5. The number of nitrogens with one attached hydrogen (secondary N) is 4. The van der Waals surface area contributed by atoms with Crippen LogP contribution < -0.4 is 25.8 Å². The van der Waals surface area contributed by atoms with Gasteiger partial charge in [-0.05, 0) is 89.1 Å². The van der Waals surface area contributed by atoms with E-state index in [2.05, 4.69) is 44.6 Å². The fraction of sp³-hybridized carbons (Fsp3) is 0.567. The Kier molecular flexibility index (Phi) is 10.3. The molecule has 14 heteroatoms. The van der Waals surface area contributed by atoms with Gasteiger partial charge in [0.15, 0.2) is 0 Å². The van der Waals surface area contributed by atoms with Gasteiger partial charge >= 0.3 is 6.18 Å². The van der Waals surface area contributed by atoms with Crippen LogP contribution in [0.1, 0.15) is 75.6 Å². The lowest BCUT2D eigenvalue weighted by atomic mass is 10.0. The van der Waals surface area contributed by atoms with E-state index in [1.807, 2.05) is 18.2 Å². The molecule has 2 atom stereocenters. The number of halogens is 4. The highest BCUT2D eigenvalue weighted by Crippen LogP contribution is 2.59. The van der Waals surface area contributed by atoms with Gasteiger partial charge in [0.25, 0.3) is 5.91 Å². The van der Waals surface area contributed by atoms with Gasteiger partial charge in [0, 0.05) is 42.9 Å². The lowest BCUT2D eigenvalue weighted by Crippen LogP contribution is -2.38. The molecule has 2 fully saturated rings. The molecular formula is C30H39ClF3N7O2S. The second-order valence-electron chi connectivity index (χ2n) is 12.2. The van der Waals surface area contributed by atoms with E-state index in [4.69, 9.17) is 16.3 Å². The van der Waals surface area contributed by atoms with Crippen molar-refractivity contribution in [2.45, 2.75) is 94.2 Å². The third kappa shape index (κ3) is 8.57. The number of anilines is 2. The minimum atomic E-state index is -4.20. The third-order valence-electron chi connectivity index (χ3n) is 8.30. The fourth-order valence-electron chi connectivity index (χ4n) is 5.46. The number of nitrogens with zero attached hydrogens (tertiary/aromatic N) is 3. The average Bonchev–Trinajstić information content (AvgIpc) is 3.50. The standard InChI is InChI=1S/C30H39ClF3N7O2S/c1-28(2)13-11-20(38-28)6-3-4-17-35-22-7-5-8-25(36-22)44-40-27(42)21-9-10-23(37-26(21)31)41-18-12-24(39-41)43-19-16-29(14-15-29)30(32,33)34/h5,7-10,12,18,20,24,38-39H,3-4,6,11,13-17,19H2,1-2H3,(H,35,36)(H,40,42). The summed E-state index contributed by atoms with van der Waals surface area (Å²) >= 11 is 7.43. The number of pyridine rings is 2. The van der Waals surface area contributed by atoms with Crippen LogP contribution in [-0.4, -0.2) is 53.0 Å². The van der Waals surface area contributed by atoms with Crippen LogP contribution in [-0.2, 0) is 4.74 Å². The molecular weight excluding hydrogens is 615 g/mol. The van der Waals surface area contributed by atoms with Crippen molar-refractivity contribution >= 4 is 41.1 Å². The Labute approximate surface area is 265 Å². The van der Waals surface area contributed by atoms with Crippen LogP contribution in [0.4, 0.5) is 24.8 Å². The number of rotatable bonds is 14. The Morgan fingerprint density at radius 2 is 2.00 bits per heavy atom. The quantitative estimate of drug-likeness (QED) is 0.102. The van der Waals surface area contributed by atoms with Gasteiger partial charge in [-0.2, -0.15) is 18.6 Å². The van der Waals surface area contributed by atoms with Crippen LogP contribution >= 0.6 is 23.5 Å². The summed E-state index contributed by atoms with van der Waals surface area (Å²) in [6.45, 7) is 5.32. The molecule has 0 spiro atoms. The summed E-state index contributed by atoms with van der Waals surface area (Å²) in [6.07, 6.45) is 4.59. The minimum absolute atomic E-state index is 0.000708. The molecule has 44 heavy (non-hydrogen) atoms. The minimum Gasteiger partial charge on any atom is -0.370 e. The molecule has 1 saturated carbocycles. The summed E-state index contributed by atoms with van der Waals surface area (Å²) in [4.78, 5) is 21.7. The van der Waals surface area contributed by atoms with Crippen LogP contribution in [0.15, 0.2) is 47.6 Å². The van der Waals surface area contributed by atoms with Crippen molar-refractivity contribution < 1.29 is 22.7 Å². The largest absolute Gasteiger partial charge is 0.394 e. The van der Waals surface area contributed by atoms with Gasteiger partial charge in [0.1, 0.15) is 28.0 Å². The zero-order valence-corrected chi connectivity index (χ0v) is 26.4. The summed E-state index contributed by atoms with van der Waals surface area (Å²) in [5.41, 5.74) is 1.84. The number of carbonyl (C=O) groups is 1. The molecule has 240 valence electrons. The first-order chi connectivity index (χ1) is 20.9. The van der Waals surface area contributed by atoms with E-state index in [1.54, 1.807) is 29.4 Å². The number of hydrazine groups is 1. The SMILES string of the molecule is CC1(C)CCC(CCCCNc2cccc(SNC(=O)c3ccc(N4C=CC(OCCC5(C(F)(F)F)CC5)N4)nc3Cl)n2)N1. The van der Waals surface area contributed by atoms with E-state index in [0.29, 0.717) is 16.9 Å². The predicted octanol–water partition coefficient (Wildman–Crippen LogP) is 6.59. The van der Waals surface area contributed by atoms with Crippen LogP contribution in [0.2, 0.25) is 5.15 Å². The van der Waals surface area contributed by atoms with Gasteiger partial charge in [0.05, 0.1) is 11.0 Å². The molecule has 0 aromatic carbocycles. The molecule has 0 bridgehead atoms. The van der Waals surface area contributed by atoms with Crippen LogP contribution in [0.3, 0.4) is 0 Å². The lowest BCUT2D eigenvalue weighted by Gasteiger charge is -2.22. The van der Waals surface area contributed by atoms with E-state index >= 15 is 0 Å². The summed E-state index contributed by atoms with van der Waals surface area (Å²) in [6, 6.07) is 9.36. The third-order valence-corrected chi connectivity index (χ3v) is 9.32. The molecule has 3 aliphatic rings. The number of ether oxygens (including phenoxy) is 1. The first kappa shape index (κ1) is 32.8. The molecule has 4 heterocycles.